The summed E-state index contributed by atoms with van der Waals surface area (Å²) in [5, 5.41) is 0. The van der Waals surface area contributed by atoms with Gasteiger partial charge in [-0.05, 0) is 5.56 Å². The van der Waals surface area contributed by atoms with Gasteiger partial charge >= 0.3 is 15.6 Å². The van der Waals surface area contributed by atoms with Crippen LogP contribution in [0, 0.1) is 0 Å². The van der Waals surface area contributed by atoms with E-state index in [1.807, 2.05) is 22.6 Å². The highest BCUT2D eigenvalue weighted by Crippen LogP contribution is 2.25. The third-order valence-corrected chi connectivity index (χ3v) is 3.27. The van der Waals surface area contributed by atoms with Crippen LogP contribution < -0.4 is 4.18 Å². The molecule has 0 aromatic carbocycles. The van der Waals surface area contributed by atoms with Crippen molar-refractivity contribution < 1.29 is 25.8 Å². The minimum atomic E-state index is -5.63. The predicted molar refractivity (Wildman–Crippen MR) is 57.6 cm³/mol. The summed E-state index contributed by atoms with van der Waals surface area (Å²) in [6, 6.07) is 2.50. The van der Waals surface area contributed by atoms with Gasteiger partial charge in [0.2, 0.25) is 5.88 Å². The molecule has 9 heteroatoms. The van der Waals surface area contributed by atoms with Gasteiger partial charge in [0, 0.05) is 16.7 Å². The molecule has 0 aliphatic rings. The highest BCUT2D eigenvalue weighted by atomic mass is 127. The van der Waals surface area contributed by atoms with Crippen LogP contribution in [-0.2, 0) is 14.5 Å². The second-order valence-corrected chi connectivity index (χ2v) is 4.92. The van der Waals surface area contributed by atoms with Gasteiger partial charge in [0.25, 0.3) is 0 Å². The largest absolute Gasteiger partial charge is 0.534 e. The molecule has 4 nitrogen and oxygen atoms in total. The second kappa shape index (κ2) is 4.73. The minimum Gasteiger partial charge on any atom is -0.355 e. The molecule has 16 heavy (non-hydrogen) atoms. The molecule has 0 amide bonds. The Hall–Kier alpha value is -0.580. The zero-order valence-corrected chi connectivity index (χ0v) is 10.5. The quantitative estimate of drug-likeness (QED) is 0.356. The first-order valence-electron chi connectivity index (χ1n) is 3.78. The lowest BCUT2D eigenvalue weighted by molar-refractivity contribution is -0.0501. The van der Waals surface area contributed by atoms with Gasteiger partial charge in [-0.1, -0.05) is 28.7 Å². The summed E-state index contributed by atoms with van der Waals surface area (Å²) < 4.78 is 61.3. The van der Waals surface area contributed by atoms with Crippen molar-refractivity contribution in [2.75, 3.05) is 0 Å². The first kappa shape index (κ1) is 13.5. The fourth-order valence-corrected chi connectivity index (χ4v) is 1.57. The summed E-state index contributed by atoms with van der Waals surface area (Å²) >= 11 is 2.03. The Balaban J connectivity index is 2.89. The van der Waals surface area contributed by atoms with Crippen molar-refractivity contribution in [1.82, 2.24) is 4.98 Å². The number of aromatic nitrogens is 1. The van der Waals surface area contributed by atoms with E-state index in [9.17, 15) is 21.6 Å². The third-order valence-electron chi connectivity index (χ3n) is 1.43. The van der Waals surface area contributed by atoms with E-state index in [1.165, 1.54) is 12.3 Å². The van der Waals surface area contributed by atoms with Gasteiger partial charge in [0.1, 0.15) is 0 Å². The summed E-state index contributed by atoms with van der Waals surface area (Å²) in [4.78, 5) is 3.44. The molecule has 0 bridgehead atoms. The second-order valence-electron chi connectivity index (χ2n) is 2.62. The van der Waals surface area contributed by atoms with E-state index in [2.05, 4.69) is 9.17 Å². The van der Waals surface area contributed by atoms with E-state index in [1.54, 1.807) is 0 Å². The molecule has 0 aliphatic heterocycles. The highest BCUT2D eigenvalue weighted by Gasteiger charge is 2.48. The zero-order chi connectivity index (χ0) is 12.4. The predicted octanol–water partition coefficient (Wildman–Crippen LogP) is 2.25. The summed E-state index contributed by atoms with van der Waals surface area (Å²) in [5.74, 6) is -0.606. The minimum absolute atomic E-state index is 0.606. The van der Waals surface area contributed by atoms with Crippen LogP contribution in [0.1, 0.15) is 5.56 Å². The Morgan fingerprint density at radius 3 is 2.38 bits per heavy atom. The topological polar surface area (TPSA) is 56.3 Å². The van der Waals surface area contributed by atoms with Gasteiger partial charge in [-0.3, -0.25) is 0 Å². The summed E-state index contributed by atoms with van der Waals surface area (Å²) in [7, 11) is -5.63. The fourth-order valence-electron chi connectivity index (χ4n) is 0.699. The first-order valence-corrected chi connectivity index (χ1v) is 6.71. The Bertz CT molecular complexity index is 457. The van der Waals surface area contributed by atoms with Crippen LogP contribution in [0.15, 0.2) is 18.3 Å². The van der Waals surface area contributed by atoms with Crippen LogP contribution in [-0.4, -0.2) is 18.9 Å². The monoisotopic (exact) mass is 367 g/mol. The lowest BCUT2D eigenvalue weighted by Gasteiger charge is -2.08. The van der Waals surface area contributed by atoms with Crippen molar-refractivity contribution >= 4 is 32.7 Å². The number of hydrogen-bond donors (Lipinski definition) is 0. The molecule has 0 aliphatic carbocycles. The van der Waals surface area contributed by atoms with E-state index in [0.29, 0.717) is 4.43 Å². The molecule has 0 N–H and O–H groups in total. The van der Waals surface area contributed by atoms with Gasteiger partial charge in [0.05, 0.1) is 0 Å². The van der Waals surface area contributed by atoms with E-state index >= 15 is 0 Å². The van der Waals surface area contributed by atoms with Crippen molar-refractivity contribution in [2.45, 2.75) is 9.94 Å². The SMILES string of the molecule is O=S(=O)(Oc1ccc(CI)cn1)C(F)(F)F. The number of alkyl halides is 4. The summed E-state index contributed by atoms with van der Waals surface area (Å²) in [6.45, 7) is 0. The molecule has 0 spiro atoms. The molecule has 1 aromatic rings. The molecule has 0 saturated carbocycles. The molecule has 1 rings (SSSR count). The molecule has 90 valence electrons. The number of hydrogen-bond acceptors (Lipinski definition) is 4. The molecule has 0 unspecified atom stereocenters. The van der Waals surface area contributed by atoms with E-state index in [0.717, 1.165) is 11.6 Å². The average Bonchev–Trinajstić information content (AvgIpc) is 2.16. The molecule has 0 saturated heterocycles. The maximum absolute atomic E-state index is 11.9. The Morgan fingerprint density at radius 1 is 1.38 bits per heavy atom. The number of nitrogens with zero attached hydrogens (tertiary/aromatic N) is 1. The van der Waals surface area contributed by atoms with Crippen LogP contribution in [0.25, 0.3) is 0 Å². The molecular weight excluding hydrogens is 362 g/mol. The Kier molecular flexibility index (Phi) is 3.99. The van der Waals surface area contributed by atoms with Gasteiger partial charge in [-0.25, -0.2) is 4.98 Å². The van der Waals surface area contributed by atoms with E-state index in [4.69, 9.17) is 0 Å². The lowest BCUT2D eigenvalue weighted by Crippen LogP contribution is -2.28. The van der Waals surface area contributed by atoms with Crippen LogP contribution >= 0.6 is 22.6 Å². The molecule has 1 heterocycles. The van der Waals surface area contributed by atoms with E-state index < -0.39 is 21.5 Å². The normalized spacial score (nSPS) is 12.5. The average molecular weight is 367 g/mol. The van der Waals surface area contributed by atoms with E-state index in [-0.39, 0.29) is 0 Å². The summed E-state index contributed by atoms with van der Waals surface area (Å²) in [5.41, 5.74) is -4.70. The van der Waals surface area contributed by atoms with Crippen molar-refractivity contribution in [3.63, 3.8) is 0 Å². The standard InChI is InChI=1S/C7H5F3INO3S/c8-7(9,10)16(13,14)15-6-2-1-5(3-11)4-12-6/h1-2,4H,3H2. The Morgan fingerprint density at radius 2 is 2.00 bits per heavy atom. The summed E-state index contributed by atoms with van der Waals surface area (Å²) in [6.07, 6.45) is 1.24. The molecule has 0 radical (unpaired) electrons. The van der Waals surface area contributed by atoms with Gasteiger partial charge in [-0.2, -0.15) is 21.6 Å². The number of pyridine rings is 1. The number of rotatable bonds is 3. The van der Waals surface area contributed by atoms with Crippen molar-refractivity contribution in [3.05, 3.63) is 23.9 Å². The van der Waals surface area contributed by atoms with Crippen LogP contribution in [0.2, 0.25) is 0 Å². The van der Waals surface area contributed by atoms with Gasteiger partial charge in [-0.15, -0.1) is 0 Å². The fraction of sp³-hybridized carbons (Fsp3) is 0.286. The third kappa shape index (κ3) is 3.20. The maximum atomic E-state index is 11.9. The van der Waals surface area contributed by atoms with Crippen molar-refractivity contribution in [2.24, 2.45) is 0 Å². The first-order chi connectivity index (χ1) is 7.26. The van der Waals surface area contributed by atoms with Crippen LogP contribution in [0.5, 0.6) is 5.88 Å². The van der Waals surface area contributed by atoms with Crippen LogP contribution in [0.4, 0.5) is 13.2 Å². The smallest absolute Gasteiger partial charge is 0.355 e. The highest BCUT2D eigenvalue weighted by molar-refractivity contribution is 14.1. The number of halogens is 4. The molecular formula is C7H5F3INO3S. The molecule has 0 atom stereocenters. The molecule has 1 aromatic heterocycles. The van der Waals surface area contributed by atoms with Crippen molar-refractivity contribution in [3.8, 4) is 5.88 Å². The zero-order valence-electron chi connectivity index (χ0n) is 7.53. The van der Waals surface area contributed by atoms with Crippen LogP contribution in [0.3, 0.4) is 0 Å². The lowest BCUT2D eigenvalue weighted by atomic mass is 10.3. The molecule has 0 fully saturated rings. The van der Waals surface area contributed by atoms with Crippen molar-refractivity contribution in [1.29, 1.82) is 0 Å². The Labute approximate surface area is 103 Å². The maximum Gasteiger partial charge on any atom is 0.534 e. The van der Waals surface area contributed by atoms with Gasteiger partial charge < -0.3 is 4.18 Å². The van der Waals surface area contributed by atoms with Gasteiger partial charge in [0.15, 0.2) is 0 Å².